The second-order valence-electron chi connectivity index (χ2n) is 7.57. The third-order valence-corrected chi connectivity index (χ3v) is 7.15. The van der Waals surface area contributed by atoms with Crippen LogP contribution in [0.15, 0.2) is 45.7 Å². The number of carbonyl (C=O) groups is 2. The van der Waals surface area contributed by atoms with E-state index in [2.05, 4.69) is 10.2 Å². The van der Waals surface area contributed by atoms with E-state index in [-0.39, 0.29) is 30.7 Å². The number of nitrogens with zero attached hydrogens (tertiary/aromatic N) is 3. The topological polar surface area (TPSA) is 113 Å². The highest BCUT2D eigenvalue weighted by Crippen LogP contribution is 2.56. The molecular weight excluding hydrogens is 462 g/mol. The van der Waals surface area contributed by atoms with E-state index in [9.17, 15) is 9.59 Å². The fourth-order valence-electron chi connectivity index (χ4n) is 4.15. The summed E-state index contributed by atoms with van der Waals surface area (Å²) in [6.07, 6.45) is 0.646. The minimum absolute atomic E-state index is 0.100. The van der Waals surface area contributed by atoms with Gasteiger partial charge in [-0.2, -0.15) is 0 Å². The molecule has 1 aromatic heterocycles. The van der Waals surface area contributed by atoms with Crippen molar-refractivity contribution in [1.82, 2.24) is 10.2 Å². The number of thioether (sulfide) groups is 1. The van der Waals surface area contributed by atoms with Gasteiger partial charge in [-0.25, -0.2) is 4.79 Å². The van der Waals surface area contributed by atoms with E-state index in [0.29, 0.717) is 29.2 Å². The van der Waals surface area contributed by atoms with Gasteiger partial charge in [0.15, 0.2) is 23.0 Å². The zero-order chi connectivity index (χ0) is 23.9. The van der Waals surface area contributed by atoms with E-state index in [4.69, 9.17) is 23.4 Å². The van der Waals surface area contributed by atoms with Crippen molar-refractivity contribution in [3.05, 3.63) is 42.3 Å². The van der Waals surface area contributed by atoms with E-state index in [0.717, 1.165) is 10.6 Å². The third kappa shape index (κ3) is 3.43. The van der Waals surface area contributed by atoms with Gasteiger partial charge in [-0.05, 0) is 24.3 Å². The van der Waals surface area contributed by atoms with Gasteiger partial charge in [0.2, 0.25) is 17.5 Å². The van der Waals surface area contributed by atoms with Crippen molar-refractivity contribution in [3.8, 4) is 28.7 Å². The normalized spacial score (nSPS) is 18.4. The number of carbonyl (C=O) groups excluding carboxylic acids is 2. The zero-order valence-corrected chi connectivity index (χ0v) is 19.5. The molecule has 1 amide bonds. The molecule has 0 radical (unpaired) electrons. The van der Waals surface area contributed by atoms with Gasteiger partial charge in [0, 0.05) is 23.3 Å². The number of esters is 1. The lowest BCUT2D eigenvalue weighted by Crippen LogP contribution is -2.47. The Morgan fingerprint density at radius 3 is 2.56 bits per heavy atom. The van der Waals surface area contributed by atoms with Gasteiger partial charge in [0.1, 0.15) is 0 Å². The SMILES string of the molecule is COc1cc(-c2nnc(COC(=O)[C@]34CCC(=O)N3c3ccccc3S4)o2)cc(OC)c1OC. The Hall–Kier alpha value is -3.73. The molecule has 0 unspecified atom stereocenters. The van der Waals surface area contributed by atoms with Crippen molar-refractivity contribution in [3.63, 3.8) is 0 Å². The van der Waals surface area contributed by atoms with Crippen LogP contribution in [0.4, 0.5) is 5.69 Å². The summed E-state index contributed by atoms with van der Waals surface area (Å²) in [4.78, 5) is 27.0. The lowest BCUT2D eigenvalue weighted by atomic mass is 10.2. The number of para-hydroxylation sites is 1. The Labute approximate surface area is 199 Å². The van der Waals surface area contributed by atoms with Crippen LogP contribution < -0.4 is 19.1 Å². The van der Waals surface area contributed by atoms with Gasteiger partial charge < -0.3 is 23.4 Å². The summed E-state index contributed by atoms with van der Waals surface area (Å²) in [5.41, 5.74) is 1.28. The summed E-state index contributed by atoms with van der Waals surface area (Å²) < 4.78 is 27.3. The molecule has 176 valence electrons. The van der Waals surface area contributed by atoms with Gasteiger partial charge >= 0.3 is 5.97 Å². The maximum atomic E-state index is 13.2. The predicted octanol–water partition coefficient (Wildman–Crippen LogP) is 3.43. The van der Waals surface area contributed by atoms with Crippen LogP contribution in [0.25, 0.3) is 11.5 Å². The van der Waals surface area contributed by atoms with E-state index < -0.39 is 10.8 Å². The molecule has 1 fully saturated rings. The smallest absolute Gasteiger partial charge is 0.344 e. The van der Waals surface area contributed by atoms with Crippen molar-refractivity contribution >= 4 is 29.3 Å². The molecule has 0 N–H and O–H groups in total. The number of fused-ring (bicyclic) bond motifs is 3. The van der Waals surface area contributed by atoms with Crippen LogP contribution in [-0.4, -0.2) is 48.3 Å². The molecule has 34 heavy (non-hydrogen) atoms. The summed E-state index contributed by atoms with van der Waals surface area (Å²) in [7, 11) is 4.53. The first-order chi connectivity index (χ1) is 16.5. The number of hydrogen-bond acceptors (Lipinski definition) is 10. The first-order valence-electron chi connectivity index (χ1n) is 10.4. The lowest BCUT2D eigenvalue weighted by molar-refractivity contribution is -0.148. The zero-order valence-electron chi connectivity index (χ0n) is 18.7. The number of rotatable bonds is 7. The highest BCUT2D eigenvalue weighted by atomic mass is 32.2. The van der Waals surface area contributed by atoms with Gasteiger partial charge in [0.25, 0.3) is 5.89 Å². The third-order valence-electron chi connectivity index (χ3n) is 5.70. The fourth-order valence-corrected chi connectivity index (χ4v) is 5.56. The highest BCUT2D eigenvalue weighted by molar-refractivity contribution is 8.02. The van der Waals surface area contributed by atoms with Crippen LogP contribution >= 0.6 is 11.8 Å². The van der Waals surface area contributed by atoms with Crippen molar-refractivity contribution in [2.45, 2.75) is 29.2 Å². The van der Waals surface area contributed by atoms with E-state index in [1.54, 1.807) is 17.0 Å². The average molecular weight is 484 g/mol. The minimum atomic E-state index is -1.11. The average Bonchev–Trinajstić information content (AvgIpc) is 3.56. The van der Waals surface area contributed by atoms with Crippen LogP contribution in [0, 0.1) is 0 Å². The van der Waals surface area contributed by atoms with E-state index in [1.807, 2.05) is 24.3 Å². The first-order valence-corrected chi connectivity index (χ1v) is 11.2. The van der Waals surface area contributed by atoms with Crippen LogP contribution in [-0.2, 0) is 20.9 Å². The number of methoxy groups -OCH3 is 3. The summed E-state index contributed by atoms with van der Waals surface area (Å²) in [5, 5.41) is 8.04. The predicted molar refractivity (Wildman–Crippen MR) is 121 cm³/mol. The molecule has 11 heteroatoms. The van der Waals surface area contributed by atoms with Crippen molar-refractivity contribution in [1.29, 1.82) is 0 Å². The molecular formula is C23H21N3O7S. The van der Waals surface area contributed by atoms with Gasteiger partial charge in [-0.3, -0.25) is 9.69 Å². The molecule has 5 rings (SSSR count). The molecule has 2 aromatic carbocycles. The molecule has 0 saturated carbocycles. The summed E-state index contributed by atoms with van der Waals surface area (Å²) in [6, 6.07) is 10.8. The molecule has 2 aliphatic heterocycles. The van der Waals surface area contributed by atoms with E-state index in [1.165, 1.54) is 33.1 Å². The molecule has 2 aliphatic rings. The molecule has 0 aliphatic carbocycles. The van der Waals surface area contributed by atoms with Crippen LogP contribution in [0.1, 0.15) is 18.7 Å². The largest absolute Gasteiger partial charge is 0.493 e. The van der Waals surface area contributed by atoms with Gasteiger partial charge in [-0.1, -0.05) is 23.9 Å². The van der Waals surface area contributed by atoms with Crippen LogP contribution in [0.3, 0.4) is 0 Å². The monoisotopic (exact) mass is 483 g/mol. The number of aromatic nitrogens is 2. The Kier molecular flexibility index (Phi) is 5.56. The number of anilines is 1. The molecule has 1 atom stereocenters. The van der Waals surface area contributed by atoms with E-state index >= 15 is 0 Å². The van der Waals surface area contributed by atoms with Gasteiger partial charge in [-0.15, -0.1) is 10.2 Å². The maximum Gasteiger partial charge on any atom is 0.344 e. The molecule has 3 aromatic rings. The van der Waals surface area contributed by atoms with Crippen molar-refractivity contribution < 1.29 is 33.0 Å². The molecule has 0 bridgehead atoms. The molecule has 1 saturated heterocycles. The van der Waals surface area contributed by atoms with Crippen LogP contribution in [0.2, 0.25) is 0 Å². The first kappa shape index (κ1) is 22.1. The minimum Gasteiger partial charge on any atom is -0.493 e. The Balaban J connectivity index is 1.34. The lowest BCUT2D eigenvalue weighted by Gasteiger charge is -2.28. The number of ether oxygens (including phenoxy) is 4. The van der Waals surface area contributed by atoms with Crippen molar-refractivity contribution in [2.24, 2.45) is 0 Å². The Bertz CT molecular complexity index is 1250. The molecule has 0 spiro atoms. The maximum absolute atomic E-state index is 13.2. The van der Waals surface area contributed by atoms with Gasteiger partial charge in [0.05, 0.1) is 27.0 Å². The number of benzene rings is 2. The molecule has 10 nitrogen and oxygen atoms in total. The standard InChI is InChI=1S/C23H21N3O7S/c1-29-15-10-13(11-16(30-2)20(15)31-3)21-25-24-18(33-21)12-32-22(28)23-9-8-19(27)26(23)14-6-4-5-7-17(14)34-23/h4-7,10-11H,8-9,12H2,1-3H3/t23-/m1/s1. The summed E-state index contributed by atoms with van der Waals surface area (Å²) in [6.45, 7) is -0.225. The summed E-state index contributed by atoms with van der Waals surface area (Å²) in [5.74, 6) is 1.00. The summed E-state index contributed by atoms with van der Waals surface area (Å²) >= 11 is 1.34. The molecule has 3 heterocycles. The quantitative estimate of drug-likeness (QED) is 0.463. The highest BCUT2D eigenvalue weighted by Gasteiger charge is 2.58. The second kappa shape index (κ2) is 8.56. The fraction of sp³-hybridized carbons (Fsp3) is 0.304. The number of amides is 1. The van der Waals surface area contributed by atoms with Crippen LogP contribution in [0.5, 0.6) is 17.2 Å². The Morgan fingerprint density at radius 2 is 1.85 bits per heavy atom. The second-order valence-corrected chi connectivity index (χ2v) is 8.89. The van der Waals surface area contributed by atoms with Crippen molar-refractivity contribution in [2.75, 3.05) is 26.2 Å². The number of hydrogen-bond donors (Lipinski definition) is 0. The Morgan fingerprint density at radius 1 is 1.12 bits per heavy atom.